The van der Waals surface area contributed by atoms with E-state index in [1.165, 1.54) is 18.3 Å². The second-order valence-corrected chi connectivity index (χ2v) is 5.79. The number of benzene rings is 1. The van der Waals surface area contributed by atoms with Gasteiger partial charge in [-0.2, -0.15) is 0 Å². The average molecular weight is 356 g/mol. The van der Waals surface area contributed by atoms with Gasteiger partial charge in [0.2, 0.25) is 5.89 Å². The summed E-state index contributed by atoms with van der Waals surface area (Å²) < 4.78 is 18.6. The average Bonchev–Trinajstić information content (AvgIpc) is 3.08. The van der Waals surface area contributed by atoms with Crippen molar-refractivity contribution in [3.05, 3.63) is 71.1 Å². The summed E-state index contributed by atoms with van der Waals surface area (Å²) in [7, 11) is 0. The molecular formula is C18H11ClFN3O2. The van der Waals surface area contributed by atoms with E-state index in [0.717, 1.165) is 5.56 Å². The molecule has 0 saturated heterocycles. The molecule has 0 radical (unpaired) electrons. The molecule has 0 aliphatic carbocycles. The fraction of sp³-hybridized carbons (Fsp3) is 0.0556. The van der Waals surface area contributed by atoms with E-state index in [2.05, 4.69) is 15.0 Å². The minimum atomic E-state index is -0.297. The molecule has 3 heterocycles. The van der Waals surface area contributed by atoms with Gasteiger partial charge in [-0.05, 0) is 29.8 Å². The highest BCUT2D eigenvalue weighted by Crippen LogP contribution is 2.35. The summed E-state index contributed by atoms with van der Waals surface area (Å²) >= 11 is 6.17. The van der Waals surface area contributed by atoms with E-state index in [0.29, 0.717) is 23.1 Å². The molecule has 1 aromatic carbocycles. The second kappa shape index (κ2) is 6.14. The molecule has 0 bridgehead atoms. The highest BCUT2D eigenvalue weighted by atomic mass is 35.5. The molecule has 5 nitrogen and oxygen atoms in total. The number of rotatable bonds is 3. The van der Waals surface area contributed by atoms with Crippen LogP contribution in [-0.4, -0.2) is 20.1 Å². The molecule has 0 fully saturated rings. The molecule has 4 aromatic rings. The summed E-state index contributed by atoms with van der Waals surface area (Å²) in [6.07, 6.45) is 3.53. The van der Waals surface area contributed by atoms with Gasteiger partial charge in [0, 0.05) is 18.0 Å². The van der Waals surface area contributed by atoms with E-state index >= 15 is 0 Å². The van der Waals surface area contributed by atoms with Crippen LogP contribution in [0, 0.1) is 5.82 Å². The van der Waals surface area contributed by atoms with Crippen LogP contribution >= 0.6 is 11.6 Å². The maximum atomic E-state index is 13.0. The maximum Gasteiger partial charge on any atom is 0.249 e. The van der Waals surface area contributed by atoms with Crippen molar-refractivity contribution in [1.82, 2.24) is 15.0 Å². The number of oxazole rings is 1. The van der Waals surface area contributed by atoms with E-state index < -0.39 is 0 Å². The number of hydrogen-bond acceptors (Lipinski definition) is 5. The monoisotopic (exact) mass is 355 g/mol. The van der Waals surface area contributed by atoms with E-state index in [4.69, 9.17) is 16.0 Å². The van der Waals surface area contributed by atoms with E-state index in [9.17, 15) is 9.50 Å². The number of fused-ring (bicyclic) bond motifs is 1. The van der Waals surface area contributed by atoms with Gasteiger partial charge in [-0.15, -0.1) is 0 Å². The van der Waals surface area contributed by atoms with E-state index in [1.807, 2.05) is 0 Å². The van der Waals surface area contributed by atoms with Crippen molar-refractivity contribution in [1.29, 1.82) is 0 Å². The third kappa shape index (κ3) is 2.92. The lowest BCUT2D eigenvalue weighted by molar-refractivity contribution is 0.472. The Morgan fingerprint density at radius 3 is 2.72 bits per heavy atom. The Labute approximate surface area is 146 Å². The van der Waals surface area contributed by atoms with Crippen molar-refractivity contribution >= 4 is 22.5 Å². The maximum absolute atomic E-state index is 13.0. The largest absolute Gasteiger partial charge is 0.504 e. The standard InChI is InChI=1S/C18H11ClFN3O2/c19-17-13-2-1-7-21-14(13)16(24)15(23-17)18-22-9-12(25-18)8-10-3-5-11(20)6-4-10/h1-7,9,24H,8H2. The predicted octanol–water partition coefficient (Wildman–Crippen LogP) is 4.37. The van der Waals surface area contributed by atoms with Crippen LogP contribution in [0.3, 0.4) is 0 Å². The molecule has 0 saturated carbocycles. The number of halogens is 2. The van der Waals surface area contributed by atoms with Crippen molar-refractivity contribution < 1.29 is 13.9 Å². The molecule has 0 amide bonds. The Kier molecular flexibility index (Phi) is 3.82. The Morgan fingerprint density at radius 2 is 1.92 bits per heavy atom. The summed E-state index contributed by atoms with van der Waals surface area (Å²) in [5, 5.41) is 11.2. The Morgan fingerprint density at radius 1 is 1.12 bits per heavy atom. The van der Waals surface area contributed by atoms with Gasteiger partial charge in [-0.1, -0.05) is 23.7 Å². The summed E-state index contributed by atoms with van der Waals surface area (Å²) in [6, 6.07) is 9.54. The summed E-state index contributed by atoms with van der Waals surface area (Å²) in [4.78, 5) is 12.5. The molecule has 7 heteroatoms. The number of aromatic hydroxyl groups is 1. The van der Waals surface area contributed by atoms with Crippen molar-refractivity contribution in [3.63, 3.8) is 0 Å². The molecule has 25 heavy (non-hydrogen) atoms. The number of hydrogen-bond donors (Lipinski definition) is 1. The highest BCUT2D eigenvalue weighted by Gasteiger charge is 2.19. The Balaban J connectivity index is 1.71. The molecular weight excluding hydrogens is 345 g/mol. The van der Waals surface area contributed by atoms with Crippen molar-refractivity contribution in [2.45, 2.75) is 6.42 Å². The highest BCUT2D eigenvalue weighted by molar-refractivity contribution is 6.34. The van der Waals surface area contributed by atoms with Crippen molar-refractivity contribution in [2.24, 2.45) is 0 Å². The van der Waals surface area contributed by atoms with Crippen LogP contribution in [0.25, 0.3) is 22.5 Å². The van der Waals surface area contributed by atoms with Gasteiger partial charge in [0.15, 0.2) is 11.4 Å². The molecule has 4 rings (SSSR count). The predicted molar refractivity (Wildman–Crippen MR) is 90.9 cm³/mol. The zero-order chi connectivity index (χ0) is 17.4. The van der Waals surface area contributed by atoms with Crippen LogP contribution in [0.2, 0.25) is 5.15 Å². The molecule has 0 aliphatic rings. The second-order valence-electron chi connectivity index (χ2n) is 5.43. The Bertz CT molecular complexity index is 1060. The van der Waals surface area contributed by atoms with Crippen LogP contribution in [0.4, 0.5) is 4.39 Å². The van der Waals surface area contributed by atoms with Crippen LogP contribution in [0.5, 0.6) is 5.75 Å². The zero-order valence-corrected chi connectivity index (χ0v) is 13.5. The SMILES string of the molecule is Oc1c(-c2ncc(Cc3ccc(F)cc3)o2)nc(Cl)c2cccnc12. The van der Waals surface area contributed by atoms with E-state index in [-0.39, 0.29) is 28.3 Å². The Hall–Kier alpha value is -2.99. The van der Waals surface area contributed by atoms with E-state index in [1.54, 1.807) is 30.5 Å². The van der Waals surface area contributed by atoms with Crippen LogP contribution in [0.15, 0.2) is 53.2 Å². The minimum Gasteiger partial charge on any atom is -0.504 e. The number of aromatic nitrogens is 3. The van der Waals surface area contributed by atoms with Gasteiger partial charge >= 0.3 is 0 Å². The lowest BCUT2D eigenvalue weighted by Crippen LogP contribution is -1.90. The van der Waals surface area contributed by atoms with Gasteiger partial charge in [0.25, 0.3) is 0 Å². The molecule has 3 aromatic heterocycles. The quantitative estimate of drug-likeness (QED) is 0.552. The molecule has 0 atom stereocenters. The number of pyridine rings is 2. The molecule has 0 unspecified atom stereocenters. The third-order valence-electron chi connectivity index (χ3n) is 3.74. The van der Waals surface area contributed by atoms with Crippen LogP contribution in [-0.2, 0) is 6.42 Å². The normalized spacial score (nSPS) is 11.1. The fourth-order valence-corrected chi connectivity index (χ4v) is 2.77. The molecule has 0 aliphatic heterocycles. The first-order valence-electron chi connectivity index (χ1n) is 7.44. The van der Waals surface area contributed by atoms with Crippen LogP contribution in [0.1, 0.15) is 11.3 Å². The summed E-state index contributed by atoms with van der Waals surface area (Å²) in [5.41, 5.74) is 1.33. The first kappa shape index (κ1) is 15.5. The lowest BCUT2D eigenvalue weighted by Gasteiger charge is -2.05. The van der Waals surface area contributed by atoms with Crippen LogP contribution < -0.4 is 0 Å². The van der Waals surface area contributed by atoms with Gasteiger partial charge < -0.3 is 9.52 Å². The molecule has 1 N–H and O–H groups in total. The lowest BCUT2D eigenvalue weighted by atomic mass is 10.1. The van der Waals surface area contributed by atoms with Crippen molar-refractivity contribution in [2.75, 3.05) is 0 Å². The van der Waals surface area contributed by atoms with Gasteiger partial charge in [0.05, 0.1) is 6.20 Å². The molecule has 0 spiro atoms. The first-order valence-corrected chi connectivity index (χ1v) is 7.82. The summed E-state index contributed by atoms with van der Waals surface area (Å²) in [5.74, 6) is 0.258. The minimum absolute atomic E-state index is 0.126. The number of nitrogens with zero attached hydrogens (tertiary/aromatic N) is 3. The summed E-state index contributed by atoms with van der Waals surface area (Å²) in [6.45, 7) is 0. The van der Waals surface area contributed by atoms with Crippen molar-refractivity contribution in [3.8, 4) is 17.3 Å². The molecule has 124 valence electrons. The zero-order valence-electron chi connectivity index (χ0n) is 12.8. The topological polar surface area (TPSA) is 72.0 Å². The fourth-order valence-electron chi connectivity index (χ4n) is 2.54. The van der Waals surface area contributed by atoms with Gasteiger partial charge in [-0.3, -0.25) is 4.98 Å². The third-order valence-corrected chi connectivity index (χ3v) is 4.02. The van der Waals surface area contributed by atoms with Gasteiger partial charge in [-0.25, -0.2) is 14.4 Å². The smallest absolute Gasteiger partial charge is 0.249 e. The first-order chi connectivity index (χ1) is 12.1. The van der Waals surface area contributed by atoms with Gasteiger partial charge in [0.1, 0.15) is 22.2 Å².